The van der Waals surface area contributed by atoms with Gasteiger partial charge in [0.15, 0.2) is 0 Å². The molecule has 1 aliphatic carbocycles. The third-order valence-corrected chi connectivity index (χ3v) is 8.50. The van der Waals surface area contributed by atoms with Gasteiger partial charge in [0.1, 0.15) is 17.9 Å². The van der Waals surface area contributed by atoms with Crippen LogP contribution in [0.25, 0.3) is 0 Å². The van der Waals surface area contributed by atoms with E-state index in [1.807, 2.05) is 24.3 Å². The van der Waals surface area contributed by atoms with Gasteiger partial charge in [0.05, 0.1) is 10.6 Å². The summed E-state index contributed by atoms with van der Waals surface area (Å²) >= 11 is 6.19. The fourth-order valence-corrected chi connectivity index (χ4v) is 6.35. The van der Waals surface area contributed by atoms with Gasteiger partial charge in [-0.2, -0.15) is 5.26 Å². The van der Waals surface area contributed by atoms with Crippen molar-refractivity contribution in [1.29, 1.82) is 5.26 Å². The Morgan fingerprint density at radius 2 is 1.78 bits per heavy atom. The monoisotopic (exact) mass is 516 g/mol. The molecular formula is C30H33ClN4O2. The summed E-state index contributed by atoms with van der Waals surface area (Å²) in [6.45, 7) is 12.7. The van der Waals surface area contributed by atoms with Crippen LogP contribution in [0.5, 0.6) is 5.75 Å². The molecule has 2 aliphatic heterocycles. The summed E-state index contributed by atoms with van der Waals surface area (Å²) in [6, 6.07) is 15.3. The summed E-state index contributed by atoms with van der Waals surface area (Å²) in [5, 5.41) is 16.0. The molecule has 2 heterocycles. The fraction of sp³-hybridized carbons (Fsp3) is 0.467. The molecule has 2 saturated heterocycles. The van der Waals surface area contributed by atoms with Crippen LogP contribution in [0.2, 0.25) is 5.02 Å². The Hall–Kier alpha value is -3.03. The first-order valence-electron chi connectivity index (χ1n) is 12.8. The summed E-state index contributed by atoms with van der Waals surface area (Å²) in [7, 11) is 0. The van der Waals surface area contributed by atoms with Gasteiger partial charge in [-0.15, -0.1) is 0 Å². The van der Waals surface area contributed by atoms with E-state index in [4.69, 9.17) is 21.6 Å². The maximum absolute atomic E-state index is 13.1. The first kappa shape index (κ1) is 25.6. The molecule has 2 aromatic carbocycles. The minimum absolute atomic E-state index is 0.0850. The third-order valence-electron chi connectivity index (χ3n) is 8.18. The highest BCUT2D eigenvalue weighted by Gasteiger charge is 2.64. The molecule has 6 nitrogen and oxygen atoms in total. The van der Waals surface area contributed by atoms with Crippen molar-refractivity contribution in [2.45, 2.75) is 45.9 Å². The van der Waals surface area contributed by atoms with Gasteiger partial charge in [0.25, 0.3) is 5.91 Å². The van der Waals surface area contributed by atoms with Crippen molar-refractivity contribution in [1.82, 2.24) is 15.5 Å². The summed E-state index contributed by atoms with van der Waals surface area (Å²) in [5.41, 5.74) is 1.35. The Labute approximate surface area is 224 Å². The van der Waals surface area contributed by atoms with Crippen molar-refractivity contribution < 1.29 is 9.53 Å². The second-order valence-corrected chi connectivity index (χ2v) is 12.0. The topological polar surface area (TPSA) is 77.4 Å². The number of carbonyl (C=O) groups excluding carboxylic acids is 1. The van der Waals surface area contributed by atoms with Crippen LogP contribution in [0.4, 0.5) is 0 Å². The molecule has 7 heteroatoms. The van der Waals surface area contributed by atoms with E-state index in [1.54, 1.807) is 18.2 Å². The van der Waals surface area contributed by atoms with E-state index in [1.165, 1.54) is 0 Å². The van der Waals surface area contributed by atoms with E-state index in [2.05, 4.69) is 61.1 Å². The van der Waals surface area contributed by atoms with Crippen LogP contribution in [0.15, 0.2) is 42.5 Å². The van der Waals surface area contributed by atoms with Crippen LogP contribution in [-0.4, -0.2) is 55.2 Å². The summed E-state index contributed by atoms with van der Waals surface area (Å²) in [5.74, 6) is 7.59. The number of amides is 1. The van der Waals surface area contributed by atoms with Gasteiger partial charge in [-0.3, -0.25) is 9.69 Å². The summed E-state index contributed by atoms with van der Waals surface area (Å²) < 4.78 is 6.32. The largest absolute Gasteiger partial charge is 0.489 e. The average molecular weight is 517 g/mol. The third kappa shape index (κ3) is 4.82. The minimum atomic E-state index is -0.308. The minimum Gasteiger partial charge on any atom is -0.489 e. The average Bonchev–Trinajstić information content (AvgIpc) is 2.81. The molecule has 2 N–H and O–H groups in total. The van der Waals surface area contributed by atoms with Crippen molar-refractivity contribution in [3.63, 3.8) is 0 Å². The number of hydrogen-bond acceptors (Lipinski definition) is 5. The van der Waals surface area contributed by atoms with Crippen LogP contribution >= 0.6 is 11.6 Å². The SMILES string of the molecule is CC1(C)C(NC(=O)c2ccc(C#CC3CN(C4CNC4)C3)cc2)C(C)(C)C1Oc1ccc(C#N)c(Cl)c1. The van der Waals surface area contributed by atoms with Gasteiger partial charge in [-0.05, 0) is 36.4 Å². The standard InChI is InChI=1S/C30H33ClN4O2/c1-29(2)27(30(3,4)28(29)37-24-12-11-22(14-32)25(31)13-24)34-26(36)21-9-7-19(8-10-21)5-6-20-17-35(18-20)23-15-33-16-23/h7-13,20,23,27-28,33H,15-18H2,1-4H3,(H,34,36). The first-order chi connectivity index (χ1) is 17.6. The lowest BCUT2D eigenvalue weighted by molar-refractivity contribution is -0.164. The highest BCUT2D eigenvalue weighted by atomic mass is 35.5. The summed E-state index contributed by atoms with van der Waals surface area (Å²) in [4.78, 5) is 15.6. The Morgan fingerprint density at radius 1 is 1.11 bits per heavy atom. The number of halogens is 1. The molecule has 5 rings (SSSR count). The van der Waals surface area contributed by atoms with Crippen molar-refractivity contribution >= 4 is 17.5 Å². The Morgan fingerprint density at radius 3 is 2.35 bits per heavy atom. The lowest BCUT2D eigenvalue weighted by Crippen LogP contribution is -2.74. The number of benzene rings is 2. The Bertz CT molecular complexity index is 1280. The molecule has 192 valence electrons. The number of nitrogens with zero attached hydrogens (tertiary/aromatic N) is 2. The number of carbonyl (C=O) groups is 1. The lowest BCUT2D eigenvalue weighted by atomic mass is 9.49. The maximum Gasteiger partial charge on any atom is 0.251 e. The molecule has 2 aromatic rings. The van der Waals surface area contributed by atoms with E-state index >= 15 is 0 Å². The van der Waals surface area contributed by atoms with Gasteiger partial charge in [0, 0.05) is 72.2 Å². The van der Waals surface area contributed by atoms with Crippen LogP contribution in [0, 0.1) is 39.9 Å². The Balaban J connectivity index is 1.18. The molecule has 3 aliphatic rings. The second kappa shape index (κ2) is 9.69. The van der Waals surface area contributed by atoms with Gasteiger partial charge in [-0.1, -0.05) is 51.1 Å². The molecule has 37 heavy (non-hydrogen) atoms. The maximum atomic E-state index is 13.1. The van der Waals surface area contributed by atoms with Gasteiger partial charge in [-0.25, -0.2) is 0 Å². The van der Waals surface area contributed by atoms with Crippen LogP contribution < -0.4 is 15.4 Å². The van der Waals surface area contributed by atoms with Gasteiger partial charge < -0.3 is 15.4 Å². The number of ether oxygens (including phenoxy) is 1. The predicted octanol–water partition coefficient (Wildman–Crippen LogP) is 4.08. The second-order valence-electron chi connectivity index (χ2n) is 11.6. The zero-order valence-electron chi connectivity index (χ0n) is 21.8. The highest BCUT2D eigenvalue weighted by molar-refractivity contribution is 6.31. The molecule has 1 amide bonds. The smallest absolute Gasteiger partial charge is 0.251 e. The van der Waals surface area contributed by atoms with E-state index < -0.39 is 0 Å². The van der Waals surface area contributed by atoms with Crippen molar-refractivity contribution in [2.75, 3.05) is 26.2 Å². The van der Waals surface area contributed by atoms with Crippen LogP contribution in [-0.2, 0) is 0 Å². The van der Waals surface area contributed by atoms with Crippen LogP contribution in [0.3, 0.4) is 0 Å². The fourth-order valence-electron chi connectivity index (χ4n) is 6.13. The quantitative estimate of drug-likeness (QED) is 0.586. The van der Waals surface area contributed by atoms with Crippen molar-refractivity contribution in [3.05, 3.63) is 64.2 Å². The number of nitriles is 1. The van der Waals surface area contributed by atoms with Crippen molar-refractivity contribution in [3.8, 4) is 23.7 Å². The van der Waals surface area contributed by atoms with Gasteiger partial charge in [0.2, 0.25) is 0 Å². The number of nitrogens with one attached hydrogen (secondary N) is 2. The molecule has 0 atom stereocenters. The van der Waals surface area contributed by atoms with E-state index in [9.17, 15) is 4.79 Å². The normalized spacial score (nSPS) is 24.3. The van der Waals surface area contributed by atoms with Crippen LogP contribution in [0.1, 0.15) is 49.2 Å². The zero-order valence-corrected chi connectivity index (χ0v) is 22.5. The van der Waals surface area contributed by atoms with E-state index in [0.717, 1.165) is 31.7 Å². The molecule has 0 radical (unpaired) electrons. The van der Waals surface area contributed by atoms with Gasteiger partial charge >= 0.3 is 0 Å². The molecule has 0 bridgehead atoms. The van der Waals surface area contributed by atoms with E-state index in [0.29, 0.717) is 33.9 Å². The first-order valence-corrected chi connectivity index (χ1v) is 13.2. The predicted molar refractivity (Wildman–Crippen MR) is 144 cm³/mol. The molecule has 0 aromatic heterocycles. The lowest BCUT2D eigenvalue weighted by Gasteiger charge is -2.63. The number of likely N-dealkylation sites (tertiary alicyclic amines) is 1. The number of rotatable bonds is 5. The molecule has 0 unspecified atom stereocenters. The molecule has 0 spiro atoms. The van der Waals surface area contributed by atoms with E-state index in [-0.39, 0.29) is 28.9 Å². The highest BCUT2D eigenvalue weighted by Crippen LogP contribution is 2.55. The molecule has 1 saturated carbocycles. The number of hydrogen-bond donors (Lipinski definition) is 2. The molecular weight excluding hydrogens is 484 g/mol. The molecule has 3 fully saturated rings. The van der Waals surface area contributed by atoms with Crippen molar-refractivity contribution in [2.24, 2.45) is 16.7 Å². The Kier molecular flexibility index (Phi) is 6.71. The summed E-state index contributed by atoms with van der Waals surface area (Å²) in [6.07, 6.45) is -0.144. The zero-order chi connectivity index (χ0) is 26.4.